The van der Waals surface area contributed by atoms with Gasteiger partial charge >= 0.3 is 5.97 Å². The number of hydrogen-bond donors (Lipinski definition) is 1. The van der Waals surface area contributed by atoms with Gasteiger partial charge in [-0.05, 0) is 43.0 Å². The lowest BCUT2D eigenvalue weighted by atomic mass is 10.1. The summed E-state index contributed by atoms with van der Waals surface area (Å²) in [6.07, 6.45) is 2.16. The number of benzene rings is 1. The van der Waals surface area contributed by atoms with Crippen molar-refractivity contribution in [2.45, 2.75) is 24.3 Å². The highest BCUT2D eigenvalue weighted by Gasteiger charge is 2.48. The van der Waals surface area contributed by atoms with E-state index in [9.17, 15) is 14.7 Å². The summed E-state index contributed by atoms with van der Waals surface area (Å²) in [6.45, 7) is 0. The fourth-order valence-corrected chi connectivity index (χ4v) is 4.23. The van der Waals surface area contributed by atoms with Gasteiger partial charge in [0.2, 0.25) is 0 Å². The number of nitrogens with zero attached hydrogens (tertiary/aromatic N) is 1. The maximum atomic E-state index is 12.7. The summed E-state index contributed by atoms with van der Waals surface area (Å²) in [7, 11) is 1.57. The minimum absolute atomic E-state index is 0.000650. The third-order valence-corrected chi connectivity index (χ3v) is 5.38. The highest BCUT2D eigenvalue weighted by molar-refractivity contribution is 8.00. The lowest BCUT2D eigenvalue weighted by Gasteiger charge is -2.27. The molecule has 1 saturated heterocycles. The summed E-state index contributed by atoms with van der Waals surface area (Å²) in [4.78, 5) is 25.7. The van der Waals surface area contributed by atoms with Gasteiger partial charge in [0, 0.05) is 11.3 Å². The van der Waals surface area contributed by atoms with Crippen LogP contribution in [0, 0.1) is 5.92 Å². The van der Waals surface area contributed by atoms with E-state index in [1.807, 2.05) is 0 Å². The summed E-state index contributed by atoms with van der Waals surface area (Å²) in [5, 5.41) is 9.36. The van der Waals surface area contributed by atoms with Gasteiger partial charge in [-0.3, -0.25) is 4.79 Å². The molecule has 1 aromatic carbocycles. The van der Waals surface area contributed by atoms with Crippen LogP contribution in [0.15, 0.2) is 24.3 Å². The summed E-state index contributed by atoms with van der Waals surface area (Å²) in [5.41, 5.74) is 0.509. The zero-order valence-corrected chi connectivity index (χ0v) is 12.5. The molecule has 2 fully saturated rings. The van der Waals surface area contributed by atoms with Crippen molar-refractivity contribution in [1.29, 1.82) is 0 Å². The Hall–Kier alpha value is -1.69. The highest BCUT2D eigenvalue weighted by atomic mass is 32.2. The van der Waals surface area contributed by atoms with Crippen molar-refractivity contribution < 1.29 is 19.4 Å². The lowest BCUT2D eigenvalue weighted by Crippen LogP contribution is -2.46. The van der Waals surface area contributed by atoms with Crippen LogP contribution < -0.4 is 4.74 Å². The second-order valence-electron chi connectivity index (χ2n) is 5.36. The average Bonchev–Trinajstić information content (AvgIpc) is 3.24. The number of ether oxygens (including phenoxy) is 1. The molecule has 1 aliphatic carbocycles. The normalized spacial score (nSPS) is 24.9. The molecule has 6 heteroatoms. The molecule has 1 heterocycles. The van der Waals surface area contributed by atoms with Crippen LogP contribution in [-0.2, 0) is 4.79 Å². The number of amides is 1. The molecule has 3 rings (SSSR count). The van der Waals surface area contributed by atoms with Crippen LogP contribution >= 0.6 is 11.8 Å². The highest BCUT2D eigenvalue weighted by Crippen LogP contribution is 2.45. The van der Waals surface area contributed by atoms with E-state index < -0.39 is 12.0 Å². The molecule has 2 atom stereocenters. The van der Waals surface area contributed by atoms with Crippen molar-refractivity contribution in [3.63, 3.8) is 0 Å². The maximum absolute atomic E-state index is 12.7. The van der Waals surface area contributed by atoms with E-state index in [0.29, 0.717) is 23.0 Å². The Morgan fingerprint density at radius 2 is 1.95 bits per heavy atom. The monoisotopic (exact) mass is 307 g/mol. The summed E-state index contributed by atoms with van der Waals surface area (Å²) in [5.74, 6) is 0.468. The van der Waals surface area contributed by atoms with E-state index in [-0.39, 0.29) is 11.3 Å². The van der Waals surface area contributed by atoms with Crippen LogP contribution in [0.25, 0.3) is 0 Å². The first-order chi connectivity index (χ1) is 10.1. The number of methoxy groups -OCH3 is 1. The number of carbonyl (C=O) groups is 2. The first-order valence-electron chi connectivity index (χ1n) is 6.93. The smallest absolute Gasteiger partial charge is 0.327 e. The van der Waals surface area contributed by atoms with Crippen molar-refractivity contribution in [3.05, 3.63) is 29.8 Å². The largest absolute Gasteiger partial charge is 0.497 e. The topological polar surface area (TPSA) is 66.8 Å². The molecular weight excluding hydrogens is 290 g/mol. The average molecular weight is 307 g/mol. The Kier molecular flexibility index (Phi) is 3.80. The molecule has 2 unspecified atom stereocenters. The van der Waals surface area contributed by atoms with Crippen molar-refractivity contribution in [2.24, 2.45) is 5.92 Å². The maximum Gasteiger partial charge on any atom is 0.327 e. The first kappa shape index (κ1) is 14.3. The quantitative estimate of drug-likeness (QED) is 0.922. The second kappa shape index (κ2) is 5.60. The molecule has 0 bridgehead atoms. The number of thioether (sulfide) groups is 1. The number of aliphatic carboxylic acids is 1. The third kappa shape index (κ3) is 2.72. The molecule has 1 aromatic rings. The minimum atomic E-state index is -0.924. The molecule has 1 N–H and O–H groups in total. The van der Waals surface area contributed by atoms with Gasteiger partial charge in [0.05, 0.1) is 12.5 Å². The minimum Gasteiger partial charge on any atom is -0.497 e. The van der Waals surface area contributed by atoms with Crippen molar-refractivity contribution in [2.75, 3.05) is 12.9 Å². The molecule has 1 saturated carbocycles. The molecule has 0 spiro atoms. The molecule has 1 aliphatic heterocycles. The Balaban J connectivity index is 1.86. The first-order valence-corrected chi connectivity index (χ1v) is 7.98. The molecule has 1 amide bonds. The second-order valence-corrected chi connectivity index (χ2v) is 6.51. The number of hydrogen-bond acceptors (Lipinski definition) is 4. The van der Waals surface area contributed by atoms with Crippen LogP contribution in [0.3, 0.4) is 0 Å². The number of carboxylic acid groups (broad SMARTS) is 1. The van der Waals surface area contributed by atoms with Gasteiger partial charge < -0.3 is 14.7 Å². The molecule has 112 valence electrons. The summed E-state index contributed by atoms with van der Waals surface area (Å²) < 4.78 is 5.08. The zero-order valence-electron chi connectivity index (χ0n) is 11.7. The standard InChI is InChI=1S/C15H17NO4S/c1-20-11-6-4-9(5-7-11)13(17)16-12(15(18)19)8-21-14(16)10-2-3-10/h4-7,10,12,14H,2-3,8H2,1H3,(H,18,19). The van der Waals surface area contributed by atoms with E-state index in [1.54, 1.807) is 48.0 Å². The lowest BCUT2D eigenvalue weighted by molar-refractivity contribution is -0.141. The Morgan fingerprint density at radius 3 is 2.48 bits per heavy atom. The van der Waals surface area contributed by atoms with E-state index in [0.717, 1.165) is 12.8 Å². The van der Waals surface area contributed by atoms with E-state index in [2.05, 4.69) is 0 Å². The van der Waals surface area contributed by atoms with Crippen LogP contribution in [-0.4, -0.2) is 46.2 Å². The molecular formula is C15H17NO4S. The Bertz CT molecular complexity index is 555. The fourth-order valence-electron chi connectivity index (χ4n) is 2.60. The van der Waals surface area contributed by atoms with Crippen LogP contribution in [0.5, 0.6) is 5.75 Å². The third-order valence-electron chi connectivity index (χ3n) is 3.92. The molecule has 0 aromatic heterocycles. The molecule has 5 nitrogen and oxygen atoms in total. The van der Waals surface area contributed by atoms with Gasteiger partial charge in [0.1, 0.15) is 11.8 Å². The summed E-state index contributed by atoms with van der Waals surface area (Å²) >= 11 is 1.59. The predicted molar refractivity (Wildman–Crippen MR) is 79.6 cm³/mol. The van der Waals surface area contributed by atoms with E-state index in [4.69, 9.17) is 4.74 Å². The van der Waals surface area contributed by atoms with Gasteiger partial charge in [0.15, 0.2) is 0 Å². The predicted octanol–water partition coefficient (Wildman–Crippen LogP) is 2.07. The van der Waals surface area contributed by atoms with Gasteiger partial charge in [-0.15, -0.1) is 11.8 Å². The number of carbonyl (C=O) groups excluding carboxylic acids is 1. The van der Waals surface area contributed by atoms with Crippen molar-refractivity contribution in [3.8, 4) is 5.75 Å². The van der Waals surface area contributed by atoms with Crippen molar-refractivity contribution in [1.82, 2.24) is 4.90 Å². The number of carboxylic acids is 1. The van der Waals surface area contributed by atoms with Crippen LogP contribution in [0.4, 0.5) is 0 Å². The van der Waals surface area contributed by atoms with E-state index >= 15 is 0 Å². The fraction of sp³-hybridized carbons (Fsp3) is 0.467. The molecule has 2 aliphatic rings. The van der Waals surface area contributed by atoms with Gasteiger partial charge in [0.25, 0.3) is 5.91 Å². The number of rotatable bonds is 4. The van der Waals surface area contributed by atoms with Gasteiger partial charge in [-0.2, -0.15) is 0 Å². The molecule has 21 heavy (non-hydrogen) atoms. The van der Waals surface area contributed by atoms with Gasteiger partial charge in [-0.25, -0.2) is 4.79 Å². The van der Waals surface area contributed by atoms with Crippen LogP contribution in [0.1, 0.15) is 23.2 Å². The molecule has 0 radical (unpaired) electrons. The Morgan fingerprint density at radius 1 is 1.29 bits per heavy atom. The zero-order chi connectivity index (χ0) is 15.0. The summed E-state index contributed by atoms with van der Waals surface area (Å²) in [6, 6.07) is 6.09. The van der Waals surface area contributed by atoms with Crippen molar-refractivity contribution >= 4 is 23.6 Å². The van der Waals surface area contributed by atoms with Gasteiger partial charge in [-0.1, -0.05) is 0 Å². The Labute approximate surface area is 127 Å². The SMILES string of the molecule is COc1ccc(C(=O)N2C(C(=O)O)CSC2C2CC2)cc1. The van der Waals surface area contributed by atoms with Crippen LogP contribution in [0.2, 0.25) is 0 Å². The van der Waals surface area contributed by atoms with E-state index in [1.165, 1.54) is 0 Å².